The summed E-state index contributed by atoms with van der Waals surface area (Å²) < 4.78 is 7.56. The Balaban J connectivity index is 1.62. The third-order valence-corrected chi connectivity index (χ3v) is 4.61. The number of likely N-dealkylation sites (tertiary alicyclic amines) is 1. The minimum Gasteiger partial charge on any atom is -0.385 e. The summed E-state index contributed by atoms with van der Waals surface area (Å²) in [6.45, 7) is 7.17. The van der Waals surface area contributed by atoms with Crippen LogP contribution in [-0.4, -0.2) is 46.2 Å². The molecular formula is C18H26N4O. The fraction of sp³-hybridized carbons (Fsp3) is 0.556. The predicted molar refractivity (Wildman–Crippen MR) is 90.3 cm³/mol. The van der Waals surface area contributed by atoms with Crippen LogP contribution in [0.3, 0.4) is 0 Å². The summed E-state index contributed by atoms with van der Waals surface area (Å²) in [5, 5.41) is 0. The quantitative estimate of drug-likeness (QED) is 0.737. The second kappa shape index (κ2) is 7.70. The minimum atomic E-state index is 0.535. The molecule has 0 amide bonds. The number of hydrogen-bond donors (Lipinski definition) is 0. The SMILES string of the molecule is COCCCn1c(C)cnc1C1CCN(Cc2ccncc2)C1. The molecule has 23 heavy (non-hydrogen) atoms. The first-order chi connectivity index (χ1) is 11.3. The highest BCUT2D eigenvalue weighted by atomic mass is 16.5. The number of hydrogen-bond acceptors (Lipinski definition) is 4. The van der Waals surface area contributed by atoms with Crippen LogP contribution in [0.25, 0.3) is 0 Å². The molecule has 0 aliphatic carbocycles. The molecule has 0 bridgehead atoms. The van der Waals surface area contributed by atoms with Crippen molar-refractivity contribution < 1.29 is 4.74 Å². The highest BCUT2D eigenvalue weighted by molar-refractivity contribution is 5.13. The molecule has 0 aromatic carbocycles. The highest BCUT2D eigenvalue weighted by Crippen LogP contribution is 2.28. The molecule has 1 unspecified atom stereocenters. The maximum Gasteiger partial charge on any atom is 0.113 e. The van der Waals surface area contributed by atoms with Gasteiger partial charge in [-0.05, 0) is 44.0 Å². The fourth-order valence-corrected chi connectivity index (χ4v) is 3.40. The van der Waals surface area contributed by atoms with Crippen molar-refractivity contribution in [3.63, 3.8) is 0 Å². The van der Waals surface area contributed by atoms with E-state index in [2.05, 4.69) is 33.5 Å². The van der Waals surface area contributed by atoms with Gasteiger partial charge in [-0.25, -0.2) is 4.98 Å². The van der Waals surface area contributed by atoms with Crippen molar-refractivity contribution >= 4 is 0 Å². The third-order valence-electron chi connectivity index (χ3n) is 4.61. The van der Waals surface area contributed by atoms with Gasteiger partial charge >= 0.3 is 0 Å². The van der Waals surface area contributed by atoms with E-state index in [-0.39, 0.29) is 0 Å². The van der Waals surface area contributed by atoms with Gasteiger partial charge < -0.3 is 9.30 Å². The molecule has 0 saturated carbocycles. The van der Waals surface area contributed by atoms with Gasteiger partial charge in [0.05, 0.1) is 0 Å². The summed E-state index contributed by atoms with van der Waals surface area (Å²) in [6, 6.07) is 4.20. The highest BCUT2D eigenvalue weighted by Gasteiger charge is 2.27. The number of pyridine rings is 1. The topological polar surface area (TPSA) is 43.2 Å². The zero-order valence-electron chi connectivity index (χ0n) is 14.1. The van der Waals surface area contributed by atoms with Gasteiger partial charge in [0.25, 0.3) is 0 Å². The minimum absolute atomic E-state index is 0.535. The van der Waals surface area contributed by atoms with Crippen LogP contribution >= 0.6 is 0 Å². The van der Waals surface area contributed by atoms with Crippen LogP contribution in [0, 0.1) is 6.92 Å². The third kappa shape index (κ3) is 3.98. The molecule has 0 N–H and O–H groups in total. The number of imidazole rings is 1. The van der Waals surface area contributed by atoms with E-state index >= 15 is 0 Å². The van der Waals surface area contributed by atoms with E-state index in [0.717, 1.165) is 39.2 Å². The molecule has 2 aromatic rings. The van der Waals surface area contributed by atoms with Gasteiger partial charge in [0.2, 0.25) is 0 Å². The smallest absolute Gasteiger partial charge is 0.113 e. The van der Waals surface area contributed by atoms with Crippen molar-refractivity contribution in [2.75, 3.05) is 26.8 Å². The molecule has 3 rings (SSSR count). The summed E-state index contributed by atoms with van der Waals surface area (Å²) in [6.07, 6.45) is 7.97. The maximum atomic E-state index is 5.18. The van der Waals surface area contributed by atoms with Gasteiger partial charge in [-0.2, -0.15) is 0 Å². The van der Waals surface area contributed by atoms with Crippen molar-refractivity contribution in [1.82, 2.24) is 19.4 Å². The fourth-order valence-electron chi connectivity index (χ4n) is 3.40. The Hall–Kier alpha value is -1.72. The monoisotopic (exact) mass is 314 g/mol. The molecule has 0 radical (unpaired) electrons. The molecule has 1 saturated heterocycles. The standard InChI is InChI=1S/C18H26N4O/c1-15-12-20-18(22(15)9-3-11-23-2)17-6-10-21(14-17)13-16-4-7-19-8-5-16/h4-5,7-8,12,17H,3,6,9-11,13-14H2,1-2H3. The second-order valence-corrected chi connectivity index (χ2v) is 6.33. The van der Waals surface area contributed by atoms with Gasteiger partial charge in [-0.15, -0.1) is 0 Å². The molecule has 5 heteroatoms. The average molecular weight is 314 g/mol. The molecule has 1 fully saturated rings. The van der Waals surface area contributed by atoms with Crippen LogP contribution in [0.1, 0.15) is 35.8 Å². The number of aryl methyl sites for hydroxylation is 1. The van der Waals surface area contributed by atoms with Gasteiger partial charge in [-0.1, -0.05) is 0 Å². The molecule has 1 atom stereocenters. The van der Waals surface area contributed by atoms with Gasteiger partial charge in [0, 0.05) is 63.6 Å². The first kappa shape index (κ1) is 16.1. The van der Waals surface area contributed by atoms with Crippen LogP contribution in [-0.2, 0) is 17.8 Å². The summed E-state index contributed by atoms with van der Waals surface area (Å²) in [4.78, 5) is 11.3. The van der Waals surface area contributed by atoms with E-state index in [1.165, 1.54) is 23.5 Å². The molecule has 1 aliphatic heterocycles. The summed E-state index contributed by atoms with van der Waals surface area (Å²) in [5.41, 5.74) is 2.59. The molecule has 0 spiro atoms. The molecular weight excluding hydrogens is 288 g/mol. The van der Waals surface area contributed by atoms with E-state index < -0.39 is 0 Å². The summed E-state index contributed by atoms with van der Waals surface area (Å²) >= 11 is 0. The zero-order valence-corrected chi connectivity index (χ0v) is 14.1. The number of methoxy groups -OCH3 is 1. The van der Waals surface area contributed by atoms with E-state index in [1.54, 1.807) is 7.11 Å². The Bertz CT molecular complexity index is 611. The van der Waals surface area contributed by atoms with Crippen LogP contribution in [0.5, 0.6) is 0 Å². The van der Waals surface area contributed by atoms with Crippen molar-refractivity contribution in [2.45, 2.75) is 38.8 Å². The maximum absolute atomic E-state index is 5.18. The van der Waals surface area contributed by atoms with Crippen molar-refractivity contribution in [2.24, 2.45) is 0 Å². The zero-order chi connectivity index (χ0) is 16.1. The number of rotatable bonds is 7. The summed E-state index contributed by atoms with van der Waals surface area (Å²) in [5.74, 6) is 1.78. The van der Waals surface area contributed by atoms with Crippen LogP contribution in [0.15, 0.2) is 30.7 Å². The lowest BCUT2D eigenvalue weighted by Crippen LogP contribution is -2.21. The van der Waals surface area contributed by atoms with Gasteiger partial charge in [-0.3, -0.25) is 9.88 Å². The van der Waals surface area contributed by atoms with Crippen LogP contribution in [0.2, 0.25) is 0 Å². The molecule has 5 nitrogen and oxygen atoms in total. The number of nitrogens with zero attached hydrogens (tertiary/aromatic N) is 4. The Labute approximate surface area is 138 Å². The molecule has 2 aromatic heterocycles. The van der Waals surface area contributed by atoms with E-state index in [0.29, 0.717) is 5.92 Å². The number of ether oxygens (including phenoxy) is 1. The Kier molecular flexibility index (Phi) is 5.41. The predicted octanol–water partition coefficient (Wildman–Crippen LogP) is 2.61. The summed E-state index contributed by atoms with van der Waals surface area (Å²) in [7, 11) is 1.76. The van der Waals surface area contributed by atoms with Gasteiger partial charge in [0.1, 0.15) is 5.82 Å². The van der Waals surface area contributed by atoms with E-state index in [4.69, 9.17) is 9.72 Å². The van der Waals surface area contributed by atoms with Crippen LogP contribution < -0.4 is 0 Å². The largest absolute Gasteiger partial charge is 0.385 e. The average Bonchev–Trinajstić information content (AvgIpc) is 3.16. The van der Waals surface area contributed by atoms with Gasteiger partial charge in [0.15, 0.2) is 0 Å². The second-order valence-electron chi connectivity index (χ2n) is 6.33. The normalized spacial score (nSPS) is 18.6. The molecule has 3 heterocycles. The lowest BCUT2D eigenvalue weighted by molar-refractivity contribution is 0.189. The number of aromatic nitrogens is 3. The van der Waals surface area contributed by atoms with Crippen molar-refractivity contribution in [3.05, 3.63) is 47.8 Å². The molecule has 124 valence electrons. The molecule has 1 aliphatic rings. The van der Waals surface area contributed by atoms with Crippen molar-refractivity contribution in [1.29, 1.82) is 0 Å². The Morgan fingerprint density at radius 2 is 2.13 bits per heavy atom. The lowest BCUT2D eigenvalue weighted by Gasteiger charge is -2.17. The van der Waals surface area contributed by atoms with E-state index in [1.807, 2.05) is 18.6 Å². The van der Waals surface area contributed by atoms with Crippen molar-refractivity contribution in [3.8, 4) is 0 Å². The van der Waals surface area contributed by atoms with E-state index in [9.17, 15) is 0 Å². The lowest BCUT2D eigenvalue weighted by atomic mass is 10.1. The Morgan fingerprint density at radius 1 is 1.30 bits per heavy atom. The Morgan fingerprint density at radius 3 is 2.91 bits per heavy atom. The first-order valence-electron chi connectivity index (χ1n) is 8.40. The first-order valence-corrected chi connectivity index (χ1v) is 8.40. The van der Waals surface area contributed by atoms with Crippen LogP contribution in [0.4, 0.5) is 0 Å².